The highest BCUT2D eigenvalue weighted by molar-refractivity contribution is 7.90. The van der Waals surface area contributed by atoms with Crippen LogP contribution in [0.3, 0.4) is 0 Å². The van der Waals surface area contributed by atoms with Crippen LogP contribution in [0.2, 0.25) is 0 Å². The first-order valence-electron chi connectivity index (χ1n) is 11.2. The molecule has 0 amide bonds. The maximum Gasteiger partial charge on any atom is 0.240 e. The molecule has 0 spiro atoms. The number of fused-ring (bicyclic) bond motifs is 1. The average molecular weight is 501 g/mol. The minimum Gasteiger partial charge on any atom is -0.365 e. The van der Waals surface area contributed by atoms with Crippen LogP contribution >= 0.6 is 0 Å². The van der Waals surface area contributed by atoms with Crippen molar-refractivity contribution in [2.24, 2.45) is 0 Å². The molecule has 11 nitrogen and oxygen atoms in total. The molecule has 0 bridgehead atoms. The summed E-state index contributed by atoms with van der Waals surface area (Å²) >= 11 is 0. The lowest BCUT2D eigenvalue weighted by Gasteiger charge is -2.15. The van der Waals surface area contributed by atoms with E-state index < -0.39 is 15.7 Å². The SMILES string of the molecule is CC(C)c1noc(CN2CCC(Nc3ncnc4c3cnn4-c3ccc(S(C)(=O)=O)cc3F)C2)n1. The highest BCUT2D eigenvalue weighted by Gasteiger charge is 2.26. The summed E-state index contributed by atoms with van der Waals surface area (Å²) in [7, 11) is -3.52. The highest BCUT2D eigenvalue weighted by atomic mass is 32.2. The number of hydrogen-bond donors (Lipinski definition) is 1. The molecule has 1 fully saturated rings. The molecule has 1 aliphatic heterocycles. The molecule has 1 saturated heterocycles. The molecule has 184 valence electrons. The van der Waals surface area contributed by atoms with Crippen molar-refractivity contribution in [3.63, 3.8) is 0 Å². The maximum atomic E-state index is 14.8. The Bertz CT molecular complexity index is 1480. The summed E-state index contributed by atoms with van der Waals surface area (Å²) in [6.07, 6.45) is 4.89. The Morgan fingerprint density at radius 2 is 2.11 bits per heavy atom. The Labute approximate surface area is 201 Å². The zero-order chi connectivity index (χ0) is 24.7. The highest BCUT2D eigenvalue weighted by Crippen LogP contribution is 2.26. The fourth-order valence-electron chi connectivity index (χ4n) is 4.07. The van der Waals surface area contributed by atoms with Gasteiger partial charge in [-0.2, -0.15) is 10.1 Å². The molecule has 4 heterocycles. The molecule has 1 unspecified atom stereocenters. The molecule has 4 aromatic rings. The number of halogens is 1. The number of benzene rings is 1. The van der Waals surface area contributed by atoms with Gasteiger partial charge in [0.05, 0.1) is 23.0 Å². The number of anilines is 1. The third kappa shape index (κ3) is 4.73. The summed E-state index contributed by atoms with van der Waals surface area (Å²) in [6, 6.07) is 3.85. The monoisotopic (exact) mass is 500 g/mol. The summed E-state index contributed by atoms with van der Waals surface area (Å²) < 4.78 is 44.9. The number of nitrogens with zero attached hydrogens (tertiary/aromatic N) is 7. The first-order valence-corrected chi connectivity index (χ1v) is 13.1. The summed E-state index contributed by atoms with van der Waals surface area (Å²) in [6.45, 7) is 6.25. The molecule has 1 aromatic carbocycles. The zero-order valence-electron chi connectivity index (χ0n) is 19.5. The van der Waals surface area contributed by atoms with Gasteiger partial charge in [0, 0.05) is 31.3 Å². The van der Waals surface area contributed by atoms with E-state index in [0.717, 1.165) is 31.8 Å². The normalized spacial score (nSPS) is 17.0. The van der Waals surface area contributed by atoms with Crippen molar-refractivity contribution >= 4 is 26.7 Å². The number of likely N-dealkylation sites (tertiary alicyclic amines) is 1. The van der Waals surface area contributed by atoms with Crippen LogP contribution < -0.4 is 5.32 Å². The Morgan fingerprint density at radius 3 is 2.83 bits per heavy atom. The van der Waals surface area contributed by atoms with E-state index >= 15 is 0 Å². The van der Waals surface area contributed by atoms with Crippen LogP contribution in [0.4, 0.5) is 10.2 Å². The molecule has 0 saturated carbocycles. The Morgan fingerprint density at radius 1 is 1.29 bits per heavy atom. The van der Waals surface area contributed by atoms with Crippen molar-refractivity contribution in [1.82, 2.24) is 34.8 Å². The van der Waals surface area contributed by atoms with Gasteiger partial charge in [0.15, 0.2) is 21.3 Å². The van der Waals surface area contributed by atoms with E-state index in [1.54, 1.807) is 6.20 Å². The fourth-order valence-corrected chi connectivity index (χ4v) is 4.70. The Hall–Kier alpha value is -3.45. The van der Waals surface area contributed by atoms with Crippen molar-refractivity contribution < 1.29 is 17.3 Å². The summed E-state index contributed by atoms with van der Waals surface area (Å²) in [5.41, 5.74) is 0.514. The molecule has 0 aliphatic carbocycles. The van der Waals surface area contributed by atoms with E-state index in [2.05, 4.69) is 35.4 Å². The van der Waals surface area contributed by atoms with Crippen LogP contribution in [0.1, 0.15) is 37.9 Å². The van der Waals surface area contributed by atoms with Gasteiger partial charge in [-0.05, 0) is 24.6 Å². The molecule has 3 aromatic heterocycles. The molecule has 0 radical (unpaired) electrons. The van der Waals surface area contributed by atoms with Crippen LogP contribution in [0, 0.1) is 5.82 Å². The minimum absolute atomic E-state index is 0.0982. The van der Waals surface area contributed by atoms with Gasteiger partial charge in [-0.25, -0.2) is 27.5 Å². The second kappa shape index (κ2) is 8.96. The van der Waals surface area contributed by atoms with E-state index in [4.69, 9.17) is 4.52 Å². The molecular formula is C22H25FN8O3S. The van der Waals surface area contributed by atoms with Gasteiger partial charge in [-0.15, -0.1) is 0 Å². The van der Waals surface area contributed by atoms with Crippen molar-refractivity contribution in [2.75, 3.05) is 24.7 Å². The van der Waals surface area contributed by atoms with Crippen LogP contribution in [-0.4, -0.2) is 68.6 Å². The van der Waals surface area contributed by atoms with Gasteiger partial charge in [0.25, 0.3) is 0 Å². The predicted molar refractivity (Wildman–Crippen MR) is 125 cm³/mol. The van der Waals surface area contributed by atoms with Gasteiger partial charge in [0.1, 0.15) is 23.6 Å². The van der Waals surface area contributed by atoms with E-state index in [1.165, 1.54) is 23.1 Å². The van der Waals surface area contributed by atoms with Crippen LogP contribution in [0.25, 0.3) is 16.7 Å². The first kappa shape index (κ1) is 23.3. The largest absolute Gasteiger partial charge is 0.365 e. The van der Waals surface area contributed by atoms with E-state index in [-0.39, 0.29) is 22.5 Å². The van der Waals surface area contributed by atoms with Crippen LogP contribution in [0.5, 0.6) is 0 Å². The molecule has 1 N–H and O–H groups in total. The standard InChI is InChI=1S/C22H25FN8O3S/c1-13(2)20-28-19(34-29-20)11-30-7-6-14(10-30)27-21-16-9-26-31(22(16)25-12-24-21)18-5-4-15(8-17(18)23)35(3,32)33/h4-5,8-9,12-14H,6-7,10-11H2,1-3H3,(H,24,25,27). The average Bonchev–Trinajstić information content (AvgIpc) is 3.54. The maximum absolute atomic E-state index is 14.8. The van der Waals surface area contributed by atoms with Crippen molar-refractivity contribution in [3.8, 4) is 5.69 Å². The number of hydrogen-bond acceptors (Lipinski definition) is 10. The Kier molecular flexibility index (Phi) is 5.97. The van der Waals surface area contributed by atoms with Gasteiger partial charge >= 0.3 is 0 Å². The topological polar surface area (TPSA) is 132 Å². The third-order valence-electron chi connectivity index (χ3n) is 5.91. The third-order valence-corrected chi connectivity index (χ3v) is 7.02. The van der Waals surface area contributed by atoms with Gasteiger partial charge in [-0.3, -0.25) is 4.90 Å². The van der Waals surface area contributed by atoms with Gasteiger partial charge < -0.3 is 9.84 Å². The first-order chi connectivity index (χ1) is 16.7. The lowest BCUT2D eigenvalue weighted by Crippen LogP contribution is -2.26. The molecule has 1 aliphatic rings. The minimum atomic E-state index is -3.52. The second-order valence-corrected chi connectivity index (χ2v) is 11.0. The second-order valence-electron chi connectivity index (χ2n) is 8.97. The fraction of sp³-hybridized carbons (Fsp3) is 0.409. The van der Waals surface area contributed by atoms with Crippen LogP contribution in [0.15, 0.2) is 40.1 Å². The summed E-state index contributed by atoms with van der Waals surface area (Å²) in [5.74, 6) is 1.41. The van der Waals surface area contributed by atoms with Crippen molar-refractivity contribution in [1.29, 1.82) is 0 Å². The van der Waals surface area contributed by atoms with E-state index in [0.29, 0.717) is 35.1 Å². The zero-order valence-corrected chi connectivity index (χ0v) is 20.3. The molecule has 35 heavy (non-hydrogen) atoms. The van der Waals surface area contributed by atoms with Crippen molar-refractivity contribution in [2.45, 2.75) is 43.7 Å². The van der Waals surface area contributed by atoms with Gasteiger partial charge in [-0.1, -0.05) is 19.0 Å². The summed E-state index contributed by atoms with van der Waals surface area (Å²) in [5, 5.41) is 12.4. The molecule has 5 rings (SSSR count). The lowest BCUT2D eigenvalue weighted by atomic mass is 10.2. The van der Waals surface area contributed by atoms with Crippen LogP contribution in [-0.2, 0) is 16.4 Å². The molecular weight excluding hydrogens is 475 g/mol. The number of nitrogens with one attached hydrogen (secondary N) is 1. The van der Waals surface area contributed by atoms with Crippen molar-refractivity contribution in [3.05, 3.63) is 48.3 Å². The summed E-state index contributed by atoms with van der Waals surface area (Å²) in [4.78, 5) is 15.2. The van der Waals surface area contributed by atoms with E-state index in [1.807, 2.05) is 13.8 Å². The molecule has 13 heteroatoms. The van der Waals surface area contributed by atoms with E-state index in [9.17, 15) is 12.8 Å². The predicted octanol–water partition coefficient (Wildman–Crippen LogP) is 2.55. The number of sulfone groups is 1. The number of rotatable bonds is 7. The smallest absolute Gasteiger partial charge is 0.240 e. The number of aromatic nitrogens is 6. The van der Waals surface area contributed by atoms with Gasteiger partial charge in [0.2, 0.25) is 5.89 Å². The molecule has 1 atom stereocenters. The Balaban J connectivity index is 1.33. The quantitative estimate of drug-likeness (QED) is 0.404. The lowest BCUT2D eigenvalue weighted by molar-refractivity contribution is 0.265.